The molecule has 2 fully saturated rings. The standard InChI is InChI=1S/C8H9N3O.C6H9F2NO2/c12-8(6-1-2-6)11-7-3-4-9-5-10-7;7-6(8)2-1-3-9(4-6)5(10)11/h3-6H,1-2H2,(H,9,10,11,12);1-4H2,(H,10,11). The van der Waals surface area contributed by atoms with Crippen LogP contribution in [0.15, 0.2) is 18.6 Å². The topological polar surface area (TPSA) is 95.4 Å². The Morgan fingerprint density at radius 1 is 1.39 bits per heavy atom. The fraction of sp³-hybridized carbons (Fsp3) is 0.571. The van der Waals surface area contributed by atoms with Gasteiger partial charge in [-0.1, -0.05) is 0 Å². The molecule has 1 aromatic rings. The summed E-state index contributed by atoms with van der Waals surface area (Å²) in [6, 6.07) is 1.68. The Morgan fingerprint density at radius 3 is 2.61 bits per heavy atom. The first-order valence-electron chi connectivity index (χ1n) is 7.30. The molecule has 1 saturated heterocycles. The normalized spacial score (nSPS) is 19.3. The quantitative estimate of drug-likeness (QED) is 0.868. The van der Waals surface area contributed by atoms with Crippen molar-refractivity contribution in [2.45, 2.75) is 31.6 Å². The number of carbonyl (C=O) groups excluding carboxylic acids is 1. The van der Waals surface area contributed by atoms with E-state index in [1.165, 1.54) is 6.33 Å². The monoisotopic (exact) mass is 328 g/mol. The lowest BCUT2D eigenvalue weighted by Crippen LogP contribution is -2.45. The molecule has 0 bridgehead atoms. The summed E-state index contributed by atoms with van der Waals surface area (Å²) in [6.07, 6.45) is 3.84. The molecule has 2 aliphatic rings. The average Bonchev–Trinajstić information content (AvgIpc) is 3.32. The van der Waals surface area contributed by atoms with E-state index in [0.717, 1.165) is 17.7 Å². The lowest BCUT2D eigenvalue weighted by Gasteiger charge is -2.30. The smallest absolute Gasteiger partial charge is 0.407 e. The van der Waals surface area contributed by atoms with Crippen molar-refractivity contribution in [3.63, 3.8) is 0 Å². The number of piperidine rings is 1. The number of halogens is 2. The number of likely N-dealkylation sites (tertiary alicyclic amines) is 1. The van der Waals surface area contributed by atoms with Crippen LogP contribution < -0.4 is 5.32 Å². The summed E-state index contributed by atoms with van der Waals surface area (Å²) < 4.78 is 25.0. The van der Waals surface area contributed by atoms with E-state index < -0.39 is 18.6 Å². The Bertz CT molecular complexity index is 552. The van der Waals surface area contributed by atoms with Gasteiger partial charge in [-0.15, -0.1) is 0 Å². The second kappa shape index (κ2) is 7.30. The Labute approximate surface area is 131 Å². The predicted molar refractivity (Wildman–Crippen MR) is 77.2 cm³/mol. The first-order chi connectivity index (χ1) is 10.9. The highest BCUT2D eigenvalue weighted by molar-refractivity contribution is 5.93. The van der Waals surface area contributed by atoms with Crippen LogP contribution in [-0.4, -0.2) is 51.0 Å². The van der Waals surface area contributed by atoms with Crippen LogP contribution >= 0.6 is 0 Å². The molecule has 1 aliphatic carbocycles. The maximum atomic E-state index is 12.5. The number of aromatic nitrogens is 2. The van der Waals surface area contributed by atoms with Crippen molar-refractivity contribution < 1.29 is 23.5 Å². The minimum Gasteiger partial charge on any atom is -0.465 e. The number of nitrogens with one attached hydrogen (secondary N) is 1. The third-order valence-electron chi connectivity index (χ3n) is 3.44. The van der Waals surface area contributed by atoms with Crippen molar-refractivity contribution in [1.29, 1.82) is 0 Å². The van der Waals surface area contributed by atoms with E-state index in [2.05, 4.69) is 15.3 Å². The summed E-state index contributed by atoms with van der Waals surface area (Å²) in [6.45, 7) is -0.423. The van der Waals surface area contributed by atoms with Crippen LogP contribution in [0.3, 0.4) is 0 Å². The maximum absolute atomic E-state index is 12.5. The fourth-order valence-corrected chi connectivity index (χ4v) is 2.07. The second-order valence-corrected chi connectivity index (χ2v) is 5.52. The highest BCUT2D eigenvalue weighted by Gasteiger charge is 2.36. The molecule has 0 atom stereocenters. The van der Waals surface area contributed by atoms with Gasteiger partial charge in [-0.25, -0.2) is 23.5 Å². The number of rotatable bonds is 2. The van der Waals surface area contributed by atoms with Gasteiger partial charge in [-0.05, 0) is 25.3 Å². The van der Waals surface area contributed by atoms with Gasteiger partial charge in [-0.2, -0.15) is 0 Å². The highest BCUT2D eigenvalue weighted by Crippen LogP contribution is 2.29. The van der Waals surface area contributed by atoms with Gasteiger partial charge in [0.05, 0.1) is 6.54 Å². The molecule has 0 aromatic carbocycles. The number of anilines is 1. The molecule has 2 N–H and O–H groups in total. The highest BCUT2D eigenvalue weighted by atomic mass is 19.3. The Morgan fingerprint density at radius 2 is 2.13 bits per heavy atom. The molecule has 2 amide bonds. The summed E-state index contributed by atoms with van der Waals surface area (Å²) in [5, 5.41) is 11.1. The Balaban J connectivity index is 0.000000168. The van der Waals surface area contributed by atoms with E-state index in [-0.39, 0.29) is 31.2 Å². The van der Waals surface area contributed by atoms with Crippen LogP contribution in [0.1, 0.15) is 25.7 Å². The van der Waals surface area contributed by atoms with Gasteiger partial charge in [0.1, 0.15) is 12.1 Å². The molecule has 2 heterocycles. The van der Waals surface area contributed by atoms with Crippen LogP contribution in [0.5, 0.6) is 0 Å². The number of amides is 2. The van der Waals surface area contributed by atoms with Gasteiger partial charge in [0.15, 0.2) is 0 Å². The number of carboxylic acid groups (broad SMARTS) is 1. The SMILES string of the molecule is O=C(Nc1ccncn1)C1CC1.O=C(O)N1CCCC(F)(F)C1. The molecule has 1 aliphatic heterocycles. The Kier molecular flexibility index (Phi) is 5.41. The minimum atomic E-state index is -2.82. The molecule has 3 rings (SSSR count). The van der Waals surface area contributed by atoms with Gasteiger partial charge in [0.2, 0.25) is 5.91 Å². The summed E-state index contributed by atoms with van der Waals surface area (Å²) in [7, 11) is 0. The molecular weight excluding hydrogens is 310 g/mol. The third-order valence-corrected chi connectivity index (χ3v) is 3.44. The van der Waals surface area contributed by atoms with Gasteiger partial charge < -0.3 is 15.3 Å². The first-order valence-corrected chi connectivity index (χ1v) is 7.30. The first kappa shape index (κ1) is 17.0. The van der Waals surface area contributed by atoms with Gasteiger partial charge in [-0.3, -0.25) is 4.79 Å². The van der Waals surface area contributed by atoms with E-state index in [1.54, 1.807) is 12.3 Å². The van der Waals surface area contributed by atoms with Crippen LogP contribution in [0.4, 0.5) is 19.4 Å². The molecule has 0 spiro atoms. The van der Waals surface area contributed by atoms with E-state index >= 15 is 0 Å². The average molecular weight is 328 g/mol. The van der Waals surface area contributed by atoms with Gasteiger partial charge >= 0.3 is 6.09 Å². The minimum absolute atomic E-state index is 0.0775. The van der Waals surface area contributed by atoms with E-state index in [1.807, 2.05) is 0 Å². The van der Waals surface area contributed by atoms with Crippen LogP contribution in [0, 0.1) is 5.92 Å². The van der Waals surface area contributed by atoms with Crippen molar-refractivity contribution in [3.8, 4) is 0 Å². The van der Waals surface area contributed by atoms with Crippen LogP contribution in [0.2, 0.25) is 0 Å². The zero-order chi connectivity index (χ0) is 16.9. The third kappa shape index (κ3) is 5.76. The van der Waals surface area contributed by atoms with Crippen LogP contribution in [0.25, 0.3) is 0 Å². The predicted octanol–water partition coefficient (Wildman–Crippen LogP) is 2.22. The molecule has 1 aromatic heterocycles. The number of carbonyl (C=O) groups is 2. The Hall–Kier alpha value is -2.32. The van der Waals surface area contributed by atoms with Crippen molar-refractivity contribution in [3.05, 3.63) is 18.6 Å². The summed E-state index contributed by atoms with van der Waals surface area (Å²) in [4.78, 5) is 29.8. The molecule has 0 unspecified atom stereocenters. The number of nitrogens with zero attached hydrogens (tertiary/aromatic N) is 3. The lowest BCUT2D eigenvalue weighted by atomic mass is 10.1. The van der Waals surface area contributed by atoms with Crippen molar-refractivity contribution in [2.24, 2.45) is 5.92 Å². The molecule has 23 heavy (non-hydrogen) atoms. The molecule has 1 saturated carbocycles. The molecular formula is C14H18F2N4O3. The summed E-state index contributed by atoms with van der Waals surface area (Å²) in [5.74, 6) is -1.94. The van der Waals surface area contributed by atoms with E-state index in [9.17, 15) is 18.4 Å². The lowest BCUT2D eigenvalue weighted by molar-refractivity contribution is -0.117. The maximum Gasteiger partial charge on any atom is 0.407 e. The van der Waals surface area contributed by atoms with Crippen molar-refractivity contribution in [2.75, 3.05) is 18.4 Å². The van der Waals surface area contributed by atoms with Gasteiger partial charge in [0, 0.05) is 25.1 Å². The molecule has 126 valence electrons. The summed E-state index contributed by atoms with van der Waals surface area (Å²) >= 11 is 0. The number of hydrogen-bond donors (Lipinski definition) is 2. The summed E-state index contributed by atoms with van der Waals surface area (Å²) in [5.41, 5.74) is 0. The zero-order valence-electron chi connectivity index (χ0n) is 12.4. The van der Waals surface area contributed by atoms with Gasteiger partial charge in [0.25, 0.3) is 5.92 Å². The molecule has 0 radical (unpaired) electrons. The van der Waals surface area contributed by atoms with Crippen LogP contribution in [-0.2, 0) is 4.79 Å². The van der Waals surface area contributed by atoms with Crippen molar-refractivity contribution in [1.82, 2.24) is 14.9 Å². The van der Waals surface area contributed by atoms with Crippen molar-refractivity contribution >= 4 is 17.8 Å². The largest absolute Gasteiger partial charge is 0.465 e. The molecule has 9 heteroatoms. The second-order valence-electron chi connectivity index (χ2n) is 5.52. The number of hydrogen-bond acceptors (Lipinski definition) is 4. The molecule has 7 nitrogen and oxygen atoms in total. The fourth-order valence-electron chi connectivity index (χ4n) is 2.07. The number of alkyl halides is 2. The zero-order valence-corrected chi connectivity index (χ0v) is 12.4. The van der Waals surface area contributed by atoms with E-state index in [4.69, 9.17) is 5.11 Å². The van der Waals surface area contributed by atoms with E-state index in [0.29, 0.717) is 5.82 Å².